The fourth-order valence-corrected chi connectivity index (χ4v) is 5.32. The molecule has 1 atom stereocenters. The molecule has 0 aliphatic heterocycles. The zero-order valence-corrected chi connectivity index (χ0v) is 33.3. The minimum atomic E-state index is -4.77. The van der Waals surface area contributed by atoms with Crippen molar-refractivity contribution in [3.63, 3.8) is 0 Å². The van der Waals surface area contributed by atoms with E-state index in [-0.39, 0.29) is 19.4 Å². The highest BCUT2D eigenvalue weighted by molar-refractivity contribution is 7.46. The first kappa shape index (κ1) is 49.2. The molecule has 9 heteroatoms. The van der Waals surface area contributed by atoms with Crippen molar-refractivity contribution in [3.8, 4) is 0 Å². The minimum absolute atomic E-state index is 0.165. The lowest BCUT2D eigenvalue weighted by Gasteiger charge is -2.18. The van der Waals surface area contributed by atoms with E-state index >= 15 is 0 Å². The molecule has 0 aromatic rings. The van der Waals surface area contributed by atoms with Crippen LogP contribution in [0.25, 0.3) is 0 Å². The van der Waals surface area contributed by atoms with Crippen LogP contribution in [-0.4, -0.2) is 41.0 Å². The molecule has 0 aromatic heterocycles. The van der Waals surface area contributed by atoms with Gasteiger partial charge in [-0.15, -0.1) is 0 Å². The molecular formula is C43H71O8P. The Hall–Kier alpha value is -2.77. The van der Waals surface area contributed by atoms with Gasteiger partial charge >= 0.3 is 19.8 Å². The van der Waals surface area contributed by atoms with Crippen molar-refractivity contribution >= 4 is 19.8 Å². The molecule has 0 aromatic carbocycles. The highest BCUT2D eigenvalue weighted by atomic mass is 31.2. The van der Waals surface area contributed by atoms with Gasteiger partial charge in [-0.2, -0.15) is 0 Å². The zero-order chi connectivity index (χ0) is 38.2. The first-order chi connectivity index (χ1) is 25.3. The second-order valence-electron chi connectivity index (χ2n) is 12.9. The monoisotopic (exact) mass is 746 g/mol. The number of ether oxygens (including phenoxy) is 2. The lowest BCUT2D eigenvalue weighted by Crippen LogP contribution is -2.29. The molecule has 0 rings (SSSR count). The molecular weight excluding hydrogens is 675 g/mol. The third kappa shape index (κ3) is 40.0. The van der Waals surface area contributed by atoms with Gasteiger partial charge in [0.25, 0.3) is 0 Å². The molecule has 0 fully saturated rings. The zero-order valence-electron chi connectivity index (χ0n) is 32.4. The van der Waals surface area contributed by atoms with E-state index in [2.05, 4.69) is 103 Å². The Bertz CT molecular complexity index is 1110. The predicted molar refractivity (Wildman–Crippen MR) is 216 cm³/mol. The summed E-state index contributed by atoms with van der Waals surface area (Å²) in [7, 11) is -4.77. The van der Waals surface area contributed by atoms with Gasteiger partial charge in [-0.1, -0.05) is 137 Å². The van der Waals surface area contributed by atoms with Crippen molar-refractivity contribution in [1.29, 1.82) is 0 Å². The number of rotatable bonds is 35. The second kappa shape index (κ2) is 38.0. The smallest absolute Gasteiger partial charge is 0.462 e. The number of allylic oxidation sites excluding steroid dienone is 14. The fraction of sp³-hybridized carbons (Fsp3) is 0.628. The van der Waals surface area contributed by atoms with Crippen LogP contribution in [0.5, 0.6) is 0 Å². The van der Waals surface area contributed by atoms with E-state index in [0.29, 0.717) is 12.8 Å². The number of carbonyl (C=O) groups excluding carboxylic acids is 2. The number of hydrogen-bond donors (Lipinski definition) is 2. The van der Waals surface area contributed by atoms with E-state index in [9.17, 15) is 14.2 Å². The summed E-state index contributed by atoms with van der Waals surface area (Å²) in [6.45, 7) is 3.49. The van der Waals surface area contributed by atoms with Gasteiger partial charge in [0, 0.05) is 12.8 Å². The quantitative estimate of drug-likeness (QED) is 0.0285. The maximum Gasteiger partial charge on any atom is 0.469 e. The van der Waals surface area contributed by atoms with E-state index in [1.165, 1.54) is 25.7 Å². The molecule has 0 bridgehead atoms. The van der Waals surface area contributed by atoms with Gasteiger partial charge < -0.3 is 19.3 Å². The summed E-state index contributed by atoms with van der Waals surface area (Å²) >= 11 is 0. The van der Waals surface area contributed by atoms with Crippen molar-refractivity contribution in [2.45, 2.75) is 161 Å². The van der Waals surface area contributed by atoms with Gasteiger partial charge in [0.2, 0.25) is 0 Å². The number of carbonyl (C=O) groups is 2. The summed E-state index contributed by atoms with van der Waals surface area (Å²) in [5, 5.41) is 0. The molecule has 0 aliphatic rings. The Kier molecular flexibility index (Phi) is 35.9. The van der Waals surface area contributed by atoms with Crippen LogP contribution in [0.15, 0.2) is 85.1 Å². The van der Waals surface area contributed by atoms with Crippen molar-refractivity contribution < 1.29 is 37.9 Å². The summed E-state index contributed by atoms with van der Waals surface area (Å²) < 4.78 is 26.3. The van der Waals surface area contributed by atoms with E-state index in [1.807, 2.05) is 0 Å². The van der Waals surface area contributed by atoms with Crippen molar-refractivity contribution in [2.75, 3.05) is 13.2 Å². The van der Waals surface area contributed by atoms with Crippen molar-refractivity contribution in [1.82, 2.24) is 0 Å². The summed E-state index contributed by atoms with van der Waals surface area (Å²) in [4.78, 5) is 42.8. The largest absolute Gasteiger partial charge is 0.469 e. The third-order valence-electron chi connectivity index (χ3n) is 7.90. The second-order valence-corrected chi connectivity index (χ2v) is 14.1. The highest BCUT2D eigenvalue weighted by Crippen LogP contribution is 2.36. The maximum absolute atomic E-state index is 12.4. The lowest BCUT2D eigenvalue weighted by molar-refractivity contribution is -0.161. The average Bonchev–Trinajstić information content (AvgIpc) is 3.11. The van der Waals surface area contributed by atoms with Crippen LogP contribution in [0.2, 0.25) is 0 Å². The van der Waals surface area contributed by atoms with Gasteiger partial charge in [-0.05, 0) is 89.9 Å². The SMILES string of the molecule is CC/C=C\C/C=C\C/C=C\C/C=C\C/C=C\CCCCCC(=O)O[C@H](COC(=O)CCCCCCC/C=C\C/C=C\CCCCC)COP(=O)(O)O. The molecule has 0 unspecified atom stereocenters. The maximum atomic E-state index is 12.4. The fourth-order valence-electron chi connectivity index (χ4n) is 4.96. The molecule has 2 N–H and O–H groups in total. The van der Waals surface area contributed by atoms with E-state index in [4.69, 9.17) is 19.3 Å². The number of unbranched alkanes of at least 4 members (excludes halogenated alkanes) is 11. The van der Waals surface area contributed by atoms with Gasteiger partial charge in [0.05, 0.1) is 6.61 Å². The first-order valence-electron chi connectivity index (χ1n) is 19.9. The number of esters is 2. The van der Waals surface area contributed by atoms with E-state index in [0.717, 1.165) is 89.9 Å². The van der Waals surface area contributed by atoms with Crippen LogP contribution in [0.3, 0.4) is 0 Å². The Labute approximate surface area is 316 Å². The van der Waals surface area contributed by atoms with Crippen LogP contribution in [0.1, 0.15) is 155 Å². The molecule has 0 amide bonds. The molecule has 8 nitrogen and oxygen atoms in total. The van der Waals surface area contributed by atoms with Gasteiger partial charge in [-0.25, -0.2) is 4.57 Å². The van der Waals surface area contributed by atoms with Crippen molar-refractivity contribution in [3.05, 3.63) is 85.1 Å². The standard InChI is InChI=1S/C43H71O8P/c1-3-5-7-9-11-13-15-17-19-20-21-22-24-26-28-30-32-34-36-38-43(45)51-41(40-50-52(46,47)48)39-49-42(44)37-35-33-31-29-27-25-23-18-16-14-12-10-8-6-4-2/h5,7,11-14,17-19,21-23,26,28,41H,3-4,6,8-10,15-16,20,24-25,27,29-40H2,1-2H3,(H2,46,47,48)/b7-5-,13-11-,14-12-,19-17-,22-21-,23-18-,28-26-/t41-/m1/s1. The number of hydrogen-bond acceptors (Lipinski definition) is 6. The lowest BCUT2D eigenvalue weighted by atomic mass is 10.1. The first-order valence-corrected chi connectivity index (χ1v) is 21.4. The van der Waals surface area contributed by atoms with Gasteiger partial charge in [-0.3, -0.25) is 14.1 Å². The molecule has 0 heterocycles. The summed E-state index contributed by atoms with van der Waals surface area (Å²) in [6.07, 6.45) is 50.1. The van der Waals surface area contributed by atoms with Crippen LogP contribution in [0, 0.1) is 0 Å². The van der Waals surface area contributed by atoms with E-state index < -0.39 is 32.5 Å². The molecule has 0 saturated heterocycles. The Morgan fingerprint density at radius 3 is 1.40 bits per heavy atom. The van der Waals surface area contributed by atoms with Crippen LogP contribution in [-0.2, 0) is 28.2 Å². The molecule has 52 heavy (non-hydrogen) atoms. The summed E-state index contributed by atoms with van der Waals surface area (Å²) in [5.41, 5.74) is 0. The van der Waals surface area contributed by atoms with Gasteiger partial charge in [0.1, 0.15) is 6.61 Å². The normalized spacial score (nSPS) is 13.4. The Morgan fingerprint density at radius 2 is 0.923 bits per heavy atom. The molecule has 0 spiro atoms. The predicted octanol–water partition coefficient (Wildman–Crippen LogP) is 12.1. The van der Waals surface area contributed by atoms with Crippen molar-refractivity contribution in [2.24, 2.45) is 0 Å². The van der Waals surface area contributed by atoms with E-state index in [1.54, 1.807) is 0 Å². The number of phosphoric acid groups is 1. The van der Waals surface area contributed by atoms with Crippen LogP contribution in [0.4, 0.5) is 0 Å². The van der Waals surface area contributed by atoms with Crippen LogP contribution < -0.4 is 0 Å². The Morgan fingerprint density at radius 1 is 0.519 bits per heavy atom. The Balaban J connectivity index is 4.07. The topological polar surface area (TPSA) is 119 Å². The molecule has 0 radical (unpaired) electrons. The molecule has 296 valence electrons. The average molecular weight is 747 g/mol. The minimum Gasteiger partial charge on any atom is -0.462 e. The number of phosphoric ester groups is 1. The highest BCUT2D eigenvalue weighted by Gasteiger charge is 2.22. The summed E-state index contributed by atoms with van der Waals surface area (Å²) in [6, 6.07) is 0. The van der Waals surface area contributed by atoms with Gasteiger partial charge in [0.15, 0.2) is 6.10 Å². The molecule has 0 saturated carbocycles. The van der Waals surface area contributed by atoms with Crippen LogP contribution >= 0.6 is 7.82 Å². The molecule has 0 aliphatic carbocycles. The third-order valence-corrected chi connectivity index (χ3v) is 8.38. The summed E-state index contributed by atoms with van der Waals surface area (Å²) in [5.74, 6) is -0.947.